The zero-order valence-corrected chi connectivity index (χ0v) is 47.7. The van der Waals surface area contributed by atoms with Gasteiger partial charge in [-0.3, -0.25) is 23.2 Å². The van der Waals surface area contributed by atoms with Gasteiger partial charge in [0.2, 0.25) is 11.8 Å². The number of aliphatic hydroxyl groups is 1. The fourth-order valence-electron chi connectivity index (χ4n) is 7.77. The highest BCUT2D eigenvalue weighted by molar-refractivity contribution is 8.24. The number of hydrogen-bond acceptors (Lipinski definition) is 17. The van der Waals surface area contributed by atoms with E-state index >= 15 is 4.39 Å². The van der Waals surface area contributed by atoms with E-state index in [2.05, 4.69) is 58.8 Å². The number of aromatic nitrogens is 4. The highest BCUT2D eigenvalue weighted by Gasteiger charge is 2.55. The molecule has 75 heavy (non-hydrogen) atoms. The number of nitrogens with zero attached hydrogens (tertiary/aromatic N) is 4. The van der Waals surface area contributed by atoms with Crippen LogP contribution < -0.4 is 29.7 Å². The number of nitrogens with one attached hydrogen (secondary N) is 2. The molecule has 1 saturated heterocycles. The van der Waals surface area contributed by atoms with Crippen LogP contribution in [0.15, 0.2) is 42.7 Å². The number of ether oxygens (including phenoxy) is 4. The number of benzene rings is 2. The molecular weight excluding hydrogens is 1190 g/mol. The van der Waals surface area contributed by atoms with Crippen LogP contribution in [0, 0.1) is 11.6 Å². The minimum Gasteiger partial charge on any atom is -0.476 e. The molecule has 2 unspecified atom stereocenters. The van der Waals surface area contributed by atoms with E-state index < -0.39 is 86.2 Å². The quantitative estimate of drug-likeness (QED) is 0.0533. The molecule has 0 amide bonds. The summed E-state index contributed by atoms with van der Waals surface area (Å²) in [5.74, 6) is -2.79. The van der Waals surface area contributed by atoms with E-state index in [-0.39, 0.29) is 63.4 Å². The maximum absolute atomic E-state index is 15.8. The van der Waals surface area contributed by atoms with Crippen LogP contribution in [0.2, 0.25) is 10.0 Å². The molecule has 0 bridgehead atoms. The molecule has 8 atom stereocenters. The first-order chi connectivity index (χ1) is 35.1. The van der Waals surface area contributed by atoms with Crippen LogP contribution in [-0.2, 0) is 42.0 Å². The Morgan fingerprint density at radius 2 is 1.35 bits per heavy atom. The van der Waals surface area contributed by atoms with Crippen LogP contribution in [0.3, 0.4) is 0 Å². The molecule has 5 N–H and O–H groups in total. The number of hydrogen-bond donors (Lipinski definition) is 4. The molecular formula is C43H55Cl6F3N7O13P3. The average Bonchev–Trinajstić information content (AvgIpc) is 3.84. The molecule has 3 aliphatic rings. The van der Waals surface area contributed by atoms with Crippen LogP contribution in [0.4, 0.5) is 19.1 Å². The van der Waals surface area contributed by atoms with Crippen molar-refractivity contribution >= 4 is 117 Å². The lowest BCUT2D eigenvalue weighted by Crippen LogP contribution is -2.42. The van der Waals surface area contributed by atoms with E-state index in [1.165, 1.54) is 37.7 Å². The lowest BCUT2D eigenvalue weighted by molar-refractivity contribution is -0.153. The van der Waals surface area contributed by atoms with Gasteiger partial charge in [0.05, 0.1) is 29.6 Å². The molecule has 2 saturated carbocycles. The number of alkyl halides is 1. The number of rotatable bonds is 18. The van der Waals surface area contributed by atoms with Crippen molar-refractivity contribution in [2.75, 3.05) is 18.9 Å². The number of imidazole rings is 1. The van der Waals surface area contributed by atoms with Crippen LogP contribution in [0.25, 0.3) is 11.2 Å². The standard InChI is InChI=1S/C28H36ClF2N6O8P.C15H19Cl2FNO4P.Cl3OP/c1-4-41-24-21-23(34-27(32)35-24)37(14-33-21)26-28(3,39)22(31)20(44-26)13-42-46(40,45-17-10-11-19(30)18(29)12-17)36-15(2)25(38)43-16-8-6-5-7-9-16;1-10(15(20)22-11-5-3-2-4-6-11)19-24(17,21)23-12-7-8-14(18)13(16)9-12;1-5(2,3)4/h10-12,14-16,20,22,26,39H,4-9,13H2,1-3H3,(H,36,40)(H2,32,34,35);7-11H,2-6H2,1H3,(H,19,21);/t15-,20+,22+,26+,28+,46?;10-,24?;/m00./s1. The normalized spacial score (nSPS) is 22.7. The summed E-state index contributed by atoms with van der Waals surface area (Å²) >= 11 is 31.2. The number of carbonyl (C=O) groups is 2. The summed E-state index contributed by atoms with van der Waals surface area (Å²) in [7, 11) is -4.53. The number of nitrogens with two attached hydrogens (primary N) is 1. The van der Waals surface area contributed by atoms with Gasteiger partial charge in [-0.2, -0.15) is 15.1 Å². The third kappa shape index (κ3) is 19.2. The minimum atomic E-state index is -4.53. The van der Waals surface area contributed by atoms with Gasteiger partial charge in [0.1, 0.15) is 59.1 Å². The second-order valence-electron chi connectivity index (χ2n) is 17.4. The topological polar surface area (TPSA) is 264 Å². The van der Waals surface area contributed by atoms with Crippen molar-refractivity contribution in [1.29, 1.82) is 0 Å². The smallest absolute Gasteiger partial charge is 0.459 e. The summed E-state index contributed by atoms with van der Waals surface area (Å²) in [5, 5.41) is 12.4. The highest BCUT2D eigenvalue weighted by atomic mass is 36.0. The molecule has 418 valence electrons. The summed E-state index contributed by atoms with van der Waals surface area (Å²) in [6.45, 7) is 1.52. The molecule has 20 nitrogen and oxygen atoms in total. The van der Waals surface area contributed by atoms with Gasteiger partial charge in [-0.15, -0.1) is 0 Å². The number of anilines is 1. The lowest BCUT2D eigenvalue weighted by Gasteiger charge is -2.27. The predicted molar refractivity (Wildman–Crippen MR) is 278 cm³/mol. The Hall–Kier alpha value is -2.85. The minimum absolute atomic E-state index is 0.0279. The van der Waals surface area contributed by atoms with Crippen molar-refractivity contribution in [3.8, 4) is 17.4 Å². The number of esters is 2. The molecule has 32 heteroatoms. The molecule has 0 radical (unpaired) electrons. The summed E-state index contributed by atoms with van der Waals surface area (Å²) < 4.78 is 118. The van der Waals surface area contributed by atoms with Gasteiger partial charge in [0, 0.05) is 23.4 Å². The molecule has 3 heterocycles. The van der Waals surface area contributed by atoms with Crippen molar-refractivity contribution in [1.82, 2.24) is 29.7 Å². The Balaban J connectivity index is 0.000000299. The molecule has 2 aliphatic carbocycles. The predicted octanol–water partition coefficient (Wildman–Crippen LogP) is 12.5. The Morgan fingerprint density at radius 1 is 0.853 bits per heavy atom. The molecule has 0 spiro atoms. The highest BCUT2D eigenvalue weighted by Crippen LogP contribution is 2.61. The van der Waals surface area contributed by atoms with Crippen molar-refractivity contribution in [2.24, 2.45) is 0 Å². The van der Waals surface area contributed by atoms with E-state index in [9.17, 15) is 37.2 Å². The number of halogens is 9. The van der Waals surface area contributed by atoms with Crippen LogP contribution in [0.5, 0.6) is 17.4 Å². The first kappa shape index (κ1) is 63.0. The van der Waals surface area contributed by atoms with E-state index in [4.69, 9.17) is 72.7 Å². The van der Waals surface area contributed by atoms with Crippen molar-refractivity contribution in [3.63, 3.8) is 0 Å². The van der Waals surface area contributed by atoms with Gasteiger partial charge >= 0.3 is 31.8 Å². The molecule has 4 aromatic rings. The molecule has 7 rings (SSSR count). The largest absolute Gasteiger partial charge is 0.476 e. The zero-order valence-electron chi connectivity index (χ0n) is 40.5. The third-order valence-electron chi connectivity index (χ3n) is 11.3. The summed E-state index contributed by atoms with van der Waals surface area (Å²) in [4.78, 5) is 37.3. The van der Waals surface area contributed by atoms with Crippen LogP contribution in [-0.4, -0.2) is 91.9 Å². The molecule has 3 fully saturated rings. The average molecular weight is 1240 g/mol. The lowest BCUT2D eigenvalue weighted by atomic mass is 9.98. The van der Waals surface area contributed by atoms with Crippen molar-refractivity contribution in [3.05, 3.63) is 64.4 Å². The SMILES string of the molecule is CCOc1nc(N)nc2c1ncn2[C@@H]1O[C@H](COP(=O)(N[C@@H](C)C(=O)OC2CCCCC2)Oc2ccc(F)c(Cl)c2)[C@@H](F)[C@@]1(C)O.C[C@H](NP(=O)(Cl)Oc1ccc(F)c(Cl)c1)C(=O)OC1CCCCC1.O=P(Cl)(Cl)Cl. The first-order valence-electron chi connectivity index (χ1n) is 23.2. The summed E-state index contributed by atoms with van der Waals surface area (Å²) in [6.07, 6.45) is 5.13. The summed E-state index contributed by atoms with van der Waals surface area (Å²) in [5.41, 5.74) is 4.00. The molecule has 2 aromatic heterocycles. The fourth-order valence-corrected chi connectivity index (χ4v) is 11.3. The third-order valence-corrected chi connectivity index (χ3v) is 15.2. The van der Waals surface area contributed by atoms with Crippen LogP contribution in [0.1, 0.15) is 98.1 Å². The number of nitrogen functional groups attached to an aromatic ring is 1. The Bertz CT molecular complexity index is 2740. The number of fused-ring (bicyclic) bond motifs is 1. The Kier molecular flexibility index (Phi) is 23.4. The zero-order chi connectivity index (χ0) is 55.5. The maximum Gasteiger partial charge on any atom is 0.459 e. The Morgan fingerprint density at radius 3 is 1.84 bits per heavy atom. The van der Waals surface area contributed by atoms with Gasteiger partial charge in [0.25, 0.3) is 0 Å². The first-order valence-corrected chi connectivity index (χ1v) is 32.5. The summed E-state index contributed by atoms with van der Waals surface area (Å²) in [6, 6.07) is 4.57. The van der Waals surface area contributed by atoms with Gasteiger partial charge in [0.15, 0.2) is 23.6 Å². The van der Waals surface area contributed by atoms with Crippen molar-refractivity contribution in [2.45, 2.75) is 140 Å². The van der Waals surface area contributed by atoms with E-state index in [0.717, 1.165) is 81.7 Å². The second-order valence-corrected chi connectivity index (χ2v) is 29.3. The maximum atomic E-state index is 15.8. The number of carbonyl (C=O) groups excluding carboxylic acids is 2. The Labute approximate surface area is 459 Å². The molecule has 2 aromatic carbocycles. The van der Waals surface area contributed by atoms with Gasteiger partial charge in [-0.25, -0.2) is 32.4 Å². The van der Waals surface area contributed by atoms with E-state index in [1.54, 1.807) is 6.92 Å². The van der Waals surface area contributed by atoms with Crippen LogP contribution >= 0.6 is 88.0 Å². The van der Waals surface area contributed by atoms with Gasteiger partial charge in [-0.1, -0.05) is 36.0 Å². The van der Waals surface area contributed by atoms with E-state index in [1.807, 2.05) is 0 Å². The second kappa shape index (κ2) is 27.8. The van der Waals surface area contributed by atoms with E-state index in [0.29, 0.717) is 12.8 Å². The van der Waals surface area contributed by atoms with Crippen molar-refractivity contribution < 1.29 is 74.1 Å². The monoisotopic (exact) mass is 1240 g/mol. The molecule has 1 aliphatic heterocycles. The van der Waals surface area contributed by atoms with Gasteiger partial charge < -0.3 is 38.8 Å². The van der Waals surface area contributed by atoms with Gasteiger partial charge in [-0.05, 0) is 137 Å². The fraction of sp³-hybridized carbons (Fsp3) is 0.558.